The summed E-state index contributed by atoms with van der Waals surface area (Å²) in [7, 11) is 0. The van der Waals surface area contributed by atoms with Crippen molar-refractivity contribution in [1.29, 1.82) is 0 Å². The Bertz CT molecular complexity index is 885. The fraction of sp³-hybridized carbons (Fsp3) is 0.211. The number of nitrogens with zero attached hydrogens (tertiary/aromatic N) is 2. The number of nitrogens with one attached hydrogen (secondary N) is 1. The van der Waals surface area contributed by atoms with Gasteiger partial charge in [-0.1, -0.05) is 17.7 Å². The van der Waals surface area contributed by atoms with E-state index in [1.54, 1.807) is 19.1 Å². The monoisotopic (exact) mass is 337 g/mol. The van der Waals surface area contributed by atoms with E-state index in [1.165, 1.54) is 0 Å². The summed E-state index contributed by atoms with van der Waals surface area (Å²) in [6.45, 7) is 5.65. The quantitative estimate of drug-likeness (QED) is 0.768. The van der Waals surface area contributed by atoms with Gasteiger partial charge in [-0.25, -0.2) is 0 Å². The minimum atomic E-state index is -0.205. The molecule has 0 bridgehead atoms. The number of carbonyl (C=O) groups excluding carboxylic acids is 1. The Morgan fingerprint density at radius 3 is 2.48 bits per heavy atom. The highest BCUT2D eigenvalue weighted by Crippen LogP contribution is 2.21. The van der Waals surface area contributed by atoms with Gasteiger partial charge < -0.3 is 14.5 Å². The molecular formula is C19H19N3O3. The molecule has 0 saturated heterocycles. The maximum Gasteiger partial charge on any atom is 0.262 e. The number of aryl methyl sites for hydroxylation is 3. The smallest absolute Gasteiger partial charge is 0.262 e. The summed E-state index contributed by atoms with van der Waals surface area (Å²) in [6.07, 6.45) is 0. The lowest BCUT2D eigenvalue weighted by atomic mass is 10.1. The molecule has 1 aromatic heterocycles. The standard InChI is InChI=1S/C19H19N3O3/c1-12-4-9-17(13(2)10-12)20-18(23)11-24-16-7-5-15(6-8-16)19-22-21-14(3)25-19/h4-10H,11H2,1-3H3,(H,20,23). The van der Waals surface area contributed by atoms with E-state index in [-0.39, 0.29) is 12.5 Å². The molecule has 128 valence electrons. The number of hydrogen-bond acceptors (Lipinski definition) is 5. The van der Waals surface area contributed by atoms with Gasteiger partial charge in [0.05, 0.1) is 0 Å². The van der Waals surface area contributed by atoms with Gasteiger partial charge in [0.2, 0.25) is 11.8 Å². The third-order valence-electron chi connectivity index (χ3n) is 3.65. The minimum absolute atomic E-state index is 0.0632. The van der Waals surface area contributed by atoms with Gasteiger partial charge in [-0.15, -0.1) is 10.2 Å². The van der Waals surface area contributed by atoms with E-state index in [0.29, 0.717) is 17.5 Å². The van der Waals surface area contributed by atoms with Crippen molar-refractivity contribution < 1.29 is 13.9 Å². The lowest BCUT2D eigenvalue weighted by molar-refractivity contribution is -0.118. The van der Waals surface area contributed by atoms with Crippen LogP contribution in [0.1, 0.15) is 17.0 Å². The molecule has 1 heterocycles. The third kappa shape index (κ3) is 4.23. The molecule has 0 atom stereocenters. The molecule has 1 amide bonds. The van der Waals surface area contributed by atoms with Crippen LogP contribution in [0.4, 0.5) is 5.69 Å². The Kier molecular flexibility index (Phi) is 4.79. The molecule has 3 rings (SSSR count). The van der Waals surface area contributed by atoms with Crippen LogP contribution in [0.5, 0.6) is 5.75 Å². The number of benzene rings is 2. The molecule has 6 nitrogen and oxygen atoms in total. The van der Waals surface area contributed by atoms with Crippen LogP contribution >= 0.6 is 0 Å². The molecule has 0 aliphatic rings. The van der Waals surface area contributed by atoms with Crippen molar-refractivity contribution >= 4 is 11.6 Å². The van der Waals surface area contributed by atoms with E-state index < -0.39 is 0 Å². The van der Waals surface area contributed by atoms with E-state index >= 15 is 0 Å². The number of amides is 1. The van der Waals surface area contributed by atoms with Crippen LogP contribution in [-0.2, 0) is 4.79 Å². The van der Waals surface area contributed by atoms with Crippen LogP contribution in [0.3, 0.4) is 0 Å². The van der Waals surface area contributed by atoms with E-state index in [0.717, 1.165) is 22.4 Å². The third-order valence-corrected chi connectivity index (χ3v) is 3.65. The highest BCUT2D eigenvalue weighted by atomic mass is 16.5. The van der Waals surface area contributed by atoms with Crippen LogP contribution in [0.2, 0.25) is 0 Å². The average molecular weight is 337 g/mol. The summed E-state index contributed by atoms with van der Waals surface area (Å²) in [5.74, 6) is 1.36. The second kappa shape index (κ2) is 7.17. The van der Waals surface area contributed by atoms with Gasteiger partial charge in [-0.3, -0.25) is 4.79 Å². The van der Waals surface area contributed by atoms with Crippen molar-refractivity contribution in [2.75, 3.05) is 11.9 Å². The molecule has 0 spiro atoms. The van der Waals surface area contributed by atoms with E-state index in [2.05, 4.69) is 15.5 Å². The Morgan fingerprint density at radius 1 is 1.08 bits per heavy atom. The average Bonchev–Trinajstić information content (AvgIpc) is 3.02. The van der Waals surface area contributed by atoms with Crippen LogP contribution in [0.15, 0.2) is 46.9 Å². The summed E-state index contributed by atoms with van der Waals surface area (Å²) >= 11 is 0. The van der Waals surface area contributed by atoms with E-state index in [4.69, 9.17) is 9.15 Å². The molecule has 0 aliphatic heterocycles. The molecule has 2 aromatic carbocycles. The fourth-order valence-electron chi connectivity index (χ4n) is 2.40. The molecule has 0 saturated carbocycles. The maximum absolute atomic E-state index is 12.0. The lowest BCUT2D eigenvalue weighted by Gasteiger charge is -2.10. The predicted molar refractivity (Wildman–Crippen MR) is 94.5 cm³/mol. The summed E-state index contributed by atoms with van der Waals surface area (Å²) in [5.41, 5.74) is 3.77. The van der Waals surface area contributed by atoms with Gasteiger partial charge in [-0.2, -0.15) is 0 Å². The lowest BCUT2D eigenvalue weighted by Crippen LogP contribution is -2.20. The molecule has 0 unspecified atom stereocenters. The SMILES string of the molecule is Cc1ccc(NC(=O)COc2ccc(-c3nnc(C)o3)cc2)c(C)c1. The summed E-state index contributed by atoms with van der Waals surface area (Å²) in [5, 5.41) is 10.6. The Balaban J connectivity index is 1.57. The first-order chi connectivity index (χ1) is 12.0. The second-order valence-electron chi connectivity index (χ2n) is 5.81. The predicted octanol–water partition coefficient (Wildman–Crippen LogP) is 3.68. The van der Waals surface area contributed by atoms with Crippen LogP contribution in [0.25, 0.3) is 11.5 Å². The zero-order valence-corrected chi connectivity index (χ0v) is 14.4. The highest BCUT2D eigenvalue weighted by molar-refractivity contribution is 5.92. The molecule has 0 radical (unpaired) electrons. The topological polar surface area (TPSA) is 77.2 Å². The van der Waals surface area contributed by atoms with Gasteiger partial charge in [0.15, 0.2) is 6.61 Å². The molecular weight excluding hydrogens is 318 g/mol. The van der Waals surface area contributed by atoms with E-state index in [9.17, 15) is 4.79 Å². The van der Waals surface area contributed by atoms with Gasteiger partial charge in [0.25, 0.3) is 5.91 Å². The molecule has 0 aliphatic carbocycles. The van der Waals surface area contributed by atoms with Gasteiger partial charge in [0.1, 0.15) is 5.75 Å². The van der Waals surface area contributed by atoms with Crippen molar-refractivity contribution in [3.63, 3.8) is 0 Å². The fourth-order valence-corrected chi connectivity index (χ4v) is 2.40. The Hall–Kier alpha value is -3.15. The van der Waals surface area contributed by atoms with Crippen LogP contribution < -0.4 is 10.1 Å². The van der Waals surface area contributed by atoms with Crippen LogP contribution in [0, 0.1) is 20.8 Å². The zero-order valence-electron chi connectivity index (χ0n) is 14.4. The summed E-state index contributed by atoms with van der Waals surface area (Å²) in [6, 6.07) is 13.0. The van der Waals surface area contributed by atoms with Crippen molar-refractivity contribution in [2.24, 2.45) is 0 Å². The second-order valence-corrected chi connectivity index (χ2v) is 5.81. The van der Waals surface area contributed by atoms with Gasteiger partial charge in [-0.05, 0) is 49.7 Å². The normalized spacial score (nSPS) is 10.5. The molecule has 3 aromatic rings. The number of aromatic nitrogens is 2. The number of ether oxygens (including phenoxy) is 1. The molecule has 1 N–H and O–H groups in total. The first-order valence-corrected chi connectivity index (χ1v) is 7.92. The number of carbonyl (C=O) groups is 1. The minimum Gasteiger partial charge on any atom is -0.484 e. The van der Waals surface area contributed by atoms with Crippen LogP contribution in [-0.4, -0.2) is 22.7 Å². The summed E-state index contributed by atoms with van der Waals surface area (Å²) in [4.78, 5) is 12.0. The van der Waals surface area contributed by atoms with Crippen molar-refractivity contribution in [3.8, 4) is 17.2 Å². The first-order valence-electron chi connectivity index (χ1n) is 7.92. The van der Waals surface area contributed by atoms with E-state index in [1.807, 2.05) is 44.2 Å². The molecule has 6 heteroatoms. The van der Waals surface area contributed by atoms with Crippen molar-refractivity contribution in [3.05, 3.63) is 59.5 Å². The van der Waals surface area contributed by atoms with Gasteiger partial charge >= 0.3 is 0 Å². The van der Waals surface area contributed by atoms with Crippen molar-refractivity contribution in [2.45, 2.75) is 20.8 Å². The Morgan fingerprint density at radius 2 is 1.84 bits per heavy atom. The van der Waals surface area contributed by atoms with Gasteiger partial charge in [0, 0.05) is 18.2 Å². The number of hydrogen-bond donors (Lipinski definition) is 1. The first kappa shape index (κ1) is 16.7. The summed E-state index contributed by atoms with van der Waals surface area (Å²) < 4.78 is 10.9. The molecule has 0 fully saturated rings. The maximum atomic E-state index is 12.0. The van der Waals surface area contributed by atoms with Crippen molar-refractivity contribution in [1.82, 2.24) is 10.2 Å². The molecule has 25 heavy (non-hydrogen) atoms. The number of rotatable bonds is 5. The number of anilines is 1. The zero-order chi connectivity index (χ0) is 17.8. The highest BCUT2D eigenvalue weighted by Gasteiger charge is 2.08. The Labute approximate surface area is 145 Å². The largest absolute Gasteiger partial charge is 0.484 e.